The second-order valence-electron chi connectivity index (χ2n) is 7.55. The zero-order valence-corrected chi connectivity index (χ0v) is 17.9. The third-order valence-corrected chi connectivity index (χ3v) is 7.51. The van der Waals surface area contributed by atoms with Crippen LogP contribution in [-0.2, 0) is 10.0 Å². The highest BCUT2D eigenvalue weighted by Crippen LogP contribution is 2.30. The predicted molar refractivity (Wildman–Crippen MR) is 119 cm³/mol. The smallest absolute Gasteiger partial charge is 0.243 e. The molecule has 1 aromatic heterocycles. The lowest BCUT2D eigenvalue weighted by molar-refractivity contribution is 0.385. The summed E-state index contributed by atoms with van der Waals surface area (Å²) in [6.45, 7) is 3.75. The van der Waals surface area contributed by atoms with Crippen LogP contribution in [0.2, 0.25) is 0 Å². The van der Waals surface area contributed by atoms with E-state index in [4.69, 9.17) is 4.52 Å². The van der Waals surface area contributed by atoms with Gasteiger partial charge in [-0.2, -0.15) is 9.29 Å². The van der Waals surface area contributed by atoms with E-state index in [1.165, 1.54) is 0 Å². The van der Waals surface area contributed by atoms with E-state index in [9.17, 15) is 8.42 Å². The van der Waals surface area contributed by atoms with Crippen LogP contribution in [0.4, 0.5) is 5.69 Å². The van der Waals surface area contributed by atoms with E-state index >= 15 is 0 Å². The Labute approximate surface area is 181 Å². The Hall–Kier alpha value is -3.23. The summed E-state index contributed by atoms with van der Waals surface area (Å²) >= 11 is 0. The lowest BCUT2D eigenvalue weighted by atomic mass is 10.1. The fraction of sp³-hybridized carbons (Fsp3) is 0.217. The molecule has 0 saturated carbocycles. The molecule has 2 heterocycles. The Balaban J connectivity index is 1.37. The molecule has 0 atom stereocenters. The lowest BCUT2D eigenvalue weighted by Crippen LogP contribution is -2.48. The van der Waals surface area contributed by atoms with Crippen molar-refractivity contribution in [3.63, 3.8) is 0 Å². The van der Waals surface area contributed by atoms with Crippen molar-refractivity contribution in [2.75, 3.05) is 31.1 Å². The van der Waals surface area contributed by atoms with Crippen LogP contribution < -0.4 is 4.90 Å². The fourth-order valence-corrected chi connectivity index (χ4v) is 5.45. The number of benzene rings is 3. The van der Waals surface area contributed by atoms with Crippen LogP contribution in [0, 0.1) is 6.92 Å². The van der Waals surface area contributed by atoms with Gasteiger partial charge in [0.2, 0.25) is 21.7 Å². The molecule has 7 nitrogen and oxygen atoms in total. The van der Waals surface area contributed by atoms with Gasteiger partial charge in [0, 0.05) is 44.4 Å². The number of para-hydroxylation sites is 1. The minimum Gasteiger partial charge on any atom is -0.368 e. The second kappa shape index (κ2) is 7.79. The Morgan fingerprint density at radius 1 is 0.871 bits per heavy atom. The maximum absolute atomic E-state index is 13.2. The minimum atomic E-state index is -3.55. The molecule has 4 aromatic rings. The van der Waals surface area contributed by atoms with Crippen molar-refractivity contribution in [2.24, 2.45) is 0 Å². The normalized spacial score (nSPS) is 15.5. The van der Waals surface area contributed by atoms with Gasteiger partial charge in [0.25, 0.3) is 0 Å². The molecular weight excluding hydrogens is 412 g/mol. The van der Waals surface area contributed by atoms with Gasteiger partial charge in [-0.15, -0.1) is 0 Å². The molecule has 0 radical (unpaired) electrons. The van der Waals surface area contributed by atoms with Crippen LogP contribution in [0.5, 0.6) is 0 Å². The monoisotopic (exact) mass is 434 g/mol. The topological polar surface area (TPSA) is 79.5 Å². The molecular formula is C23H22N4O3S. The van der Waals surface area contributed by atoms with Gasteiger partial charge in [-0.05, 0) is 35.0 Å². The third kappa shape index (κ3) is 3.68. The SMILES string of the molecule is Cc1nc(-c2ccccc2N2CCN(S(=O)(=O)c3ccc4ccccc4c3)CC2)no1. The van der Waals surface area contributed by atoms with Crippen molar-refractivity contribution < 1.29 is 12.9 Å². The molecule has 5 rings (SSSR count). The number of nitrogens with zero attached hydrogens (tertiary/aromatic N) is 4. The molecule has 0 amide bonds. The van der Waals surface area contributed by atoms with E-state index < -0.39 is 10.0 Å². The number of hydrogen-bond acceptors (Lipinski definition) is 6. The summed E-state index contributed by atoms with van der Waals surface area (Å²) in [5.41, 5.74) is 1.86. The van der Waals surface area contributed by atoms with E-state index in [0.29, 0.717) is 42.8 Å². The second-order valence-corrected chi connectivity index (χ2v) is 9.49. The van der Waals surface area contributed by atoms with E-state index in [1.807, 2.05) is 54.6 Å². The van der Waals surface area contributed by atoms with Crippen molar-refractivity contribution in [1.82, 2.24) is 14.4 Å². The number of aryl methyl sites for hydroxylation is 1. The van der Waals surface area contributed by atoms with Crippen molar-refractivity contribution in [1.29, 1.82) is 0 Å². The number of fused-ring (bicyclic) bond motifs is 1. The van der Waals surface area contributed by atoms with Gasteiger partial charge in [0.1, 0.15) is 0 Å². The van der Waals surface area contributed by atoms with Crippen LogP contribution in [0.25, 0.3) is 22.2 Å². The number of piperazine rings is 1. The number of anilines is 1. The fourth-order valence-electron chi connectivity index (χ4n) is 3.99. The summed E-state index contributed by atoms with van der Waals surface area (Å²) in [6, 6.07) is 20.9. The molecule has 1 saturated heterocycles. The van der Waals surface area contributed by atoms with Crippen LogP contribution in [-0.4, -0.2) is 49.0 Å². The van der Waals surface area contributed by atoms with Crippen molar-refractivity contribution >= 4 is 26.5 Å². The van der Waals surface area contributed by atoms with Crippen molar-refractivity contribution in [2.45, 2.75) is 11.8 Å². The zero-order chi connectivity index (χ0) is 21.4. The third-order valence-electron chi connectivity index (χ3n) is 5.61. The average molecular weight is 435 g/mol. The summed E-state index contributed by atoms with van der Waals surface area (Å²) in [5, 5.41) is 5.99. The van der Waals surface area contributed by atoms with Crippen molar-refractivity contribution in [3.8, 4) is 11.4 Å². The van der Waals surface area contributed by atoms with Crippen LogP contribution in [0.1, 0.15) is 5.89 Å². The summed E-state index contributed by atoms with van der Waals surface area (Å²) in [7, 11) is -3.55. The highest BCUT2D eigenvalue weighted by atomic mass is 32.2. The van der Waals surface area contributed by atoms with Crippen LogP contribution in [0.15, 0.2) is 76.1 Å². The first-order valence-electron chi connectivity index (χ1n) is 10.2. The Morgan fingerprint density at radius 2 is 1.58 bits per heavy atom. The first-order valence-corrected chi connectivity index (χ1v) is 11.6. The molecule has 0 aliphatic carbocycles. The highest BCUT2D eigenvalue weighted by molar-refractivity contribution is 7.89. The van der Waals surface area contributed by atoms with Gasteiger partial charge in [-0.25, -0.2) is 8.42 Å². The summed E-state index contributed by atoms with van der Waals surface area (Å²) in [5.74, 6) is 1.05. The molecule has 0 bridgehead atoms. The highest BCUT2D eigenvalue weighted by Gasteiger charge is 2.29. The van der Waals surface area contributed by atoms with E-state index in [0.717, 1.165) is 22.0 Å². The van der Waals surface area contributed by atoms with Gasteiger partial charge in [0.05, 0.1) is 4.90 Å². The quantitative estimate of drug-likeness (QED) is 0.487. The van der Waals surface area contributed by atoms with Gasteiger partial charge in [-0.3, -0.25) is 0 Å². The molecule has 0 spiro atoms. The Kier molecular flexibility index (Phi) is 4.95. The minimum absolute atomic E-state index is 0.335. The molecule has 1 aliphatic heterocycles. The standard InChI is InChI=1S/C23H22N4O3S/c1-17-24-23(25-30-17)21-8-4-5-9-22(21)26-12-14-27(15-13-26)31(28,29)20-11-10-18-6-2-3-7-19(18)16-20/h2-11,16H,12-15H2,1H3. The molecule has 8 heteroatoms. The molecule has 0 N–H and O–H groups in total. The predicted octanol–water partition coefficient (Wildman–Crippen LogP) is 3.71. The lowest BCUT2D eigenvalue weighted by Gasteiger charge is -2.36. The van der Waals surface area contributed by atoms with Gasteiger partial charge in [-0.1, -0.05) is 47.6 Å². The number of hydrogen-bond donors (Lipinski definition) is 0. The molecule has 31 heavy (non-hydrogen) atoms. The molecule has 1 fully saturated rings. The average Bonchev–Trinajstić information content (AvgIpc) is 3.25. The van der Waals surface area contributed by atoms with Gasteiger partial charge in [0.15, 0.2) is 0 Å². The largest absolute Gasteiger partial charge is 0.368 e. The summed E-state index contributed by atoms with van der Waals surface area (Å²) < 4.78 is 33.2. The summed E-state index contributed by atoms with van der Waals surface area (Å²) in [6.07, 6.45) is 0. The molecule has 3 aromatic carbocycles. The van der Waals surface area contributed by atoms with Crippen LogP contribution in [0.3, 0.4) is 0 Å². The van der Waals surface area contributed by atoms with E-state index in [1.54, 1.807) is 23.4 Å². The Bertz CT molecular complexity index is 1340. The Morgan fingerprint density at radius 3 is 2.32 bits per heavy atom. The maximum atomic E-state index is 13.2. The van der Waals surface area contributed by atoms with Gasteiger partial charge < -0.3 is 9.42 Å². The van der Waals surface area contributed by atoms with Crippen LogP contribution >= 0.6 is 0 Å². The van der Waals surface area contributed by atoms with E-state index in [2.05, 4.69) is 15.0 Å². The zero-order valence-electron chi connectivity index (χ0n) is 17.1. The molecule has 1 aliphatic rings. The molecule has 0 unspecified atom stereocenters. The summed E-state index contributed by atoms with van der Waals surface area (Å²) in [4.78, 5) is 6.85. The van der Waals surface area contributed by atoms with Gasteiger partial charge >= 0.3 is 0 Å². The first kappa shape index (κ1) is 19.7. The van der Waals surface area contributed by atoms with Crippen molar-refractivity contribution in [3.05, 3.63) is 72.6 Å². The number of rotatable bonds is 4. The molecule has 158 valence electrons. The number of sulfonamides is 1. The first-order chi connectivity index (χ1) is 15.0. The number of aromatic nitrogens is 2. The maximum Gasteiger partial charge on any atom is 0.243 e. The van der Waals surface area contributed by atoms with E-state index in [-0.39, 0.29) is 0 Å².